The van der Waals surface area contributed by atoms with Crippen LogP contribution < -0.4 is 10.1 Å². The number of rotatable bonds is 6. The number of sulfonamides is 1. The third-order valence-corrected chi connectivity index (χ3v) is 9.29. The van der Waals surface area contributed by atoms with Gasteiger partial charge in [-0.2, -0.15) is 4.31 Å². The van der Waals surface area contributed by atoms with E-state index in [-0.39, 0.29) is 35.6 Å². The number of aromatic hydroxyl groups is 1. The van der Waals surface area contributed by atoms with Crippen molar-refractivity contribution in [2.24, 2.45) is 5.92 Å². The number of fused-ring (bicyclic) bond motifs is 1. The smallest absolute Gasteiger partial charge is 0.243 e. The van der Waals surface area contributed by atoms with Crippen LogP contribution in [0.4, 0.5) is 5.69 Å². The van der Waals surface area contributed by atoms with Crippen molar-refractivity contribution in [2.45, 2.75) is 17.7 Å². The second-order valence-corrected chi connectivity index (χ2v) is 11.5. The summed E-state index contributed by atoms with van der Waals surface area (Å²) in [6, 6.07) is 19.1. The Morgan fingerprint density at radius 3 is 2.47 bits per heavy atom. The van der Waals surface area contributed by atoms with Gasteiger partial charge in [0.25, 0.3) is 0 Å². The van der Waals surface area contributed by atoms with Crippen molar-refractivity contribution in [2.75, 3.05) is 25.5 Å². The summed E-state index contributed by atoms with van der Waals surface area (Å²) in [6.07, 6.45) is 0.827. The fourth-order valence-corrected chi connectivity index (χ4v) is 6.75. The molecule has 0 atom stereocenters. The third kappa shape index (κ3) is 4.79. The van der Waals surface area contributed by atoms with Gasteiger partial charge in [0, 0.05) is 30.8 Å². The number of carbonyl (C=O) groups is 1. The monoisotopic (exact) mass is 523 g/mol. The summed E-state index contributed by atoms with van der Waals surface area (Å²) in [4.78, 5) is 17.6. The number of nitrogens with one attached hydrogen (secondary N) is 1. The predicted molar refractivity (Wildman–Crippen MR) is 140 cm³/mol. The predicted octanol–water partition coefficient (Wildman–Crippen LogP) is 4.72. The number of methoxy groups -OCH3 is 1. The zero-order valence-corrected chi connectivity index (χ0v) is 21.2. The lowest BCUT2D eigenvalue weighted by Crippen LogP contribution is -2.41. The Morgan fingerprint density at radius 2 is 1.81 bits per heavy atom. The lowest BCUT2D eigenvalue weighted by Gasteiger charge is -2.30. The summed E-state index contributed by atoms with van der Waals surface area (Å²) in [5.74, 6) is 0.109. The van der Waals surface area contributed by atoms with Gasteiger partial charge in [0.05, 0.1) is 27.8 Å². The molecule has 1 amide bonds. The van der Waals surface area contributed by atoms with Gasteiger partial charge in [-0.3, -0.25) is 4.79 Å². The standard InChI is InChI=1S/C26H25N3O5S2/c1-34-19-7-9-20(10-8-19)36(32,33)29-14-12-17(13-15-29)25(31)27-18-6-11-21(23(30)16-18)26-28-22-4-2-3-5-24(22)35-26/h2-11,16-17,30H,12-15H2,1H3,(H,27,31). The summed E-state index contributed by atoms with van der Waals surface area (Å²) in [7, 11) is -2.11. The molecule has 186 valence electrons. The van der Waals surface area contributed by atoms with E-state index in [1.54, 1.807) is 24.3 Å². The number of phenols is 1. The van der Waals surface area contributed by atoms with E-state index in [1.165, 1.54) is 41.0 Å². The Bertz CT molecular complexity index is 1480. The van der Waals surface area contributed by atoms with E-state index in [0.717, 1.165) is 10.2 Å². The molecule has 2 heterocycles. The van der Waals surface area contributed by atoms with Gasteiger partial charge < -0.3 is 15.2 Å². The first-order valence-corrected chi connectivity index (χ1v) is 13.7. The maximum absolute atomic E-state index is 13.0. The minimum Gasteiger partial charge on any atom is -0.507 e. The van der Waals surface area contributed by atoms with Crippen molar-refractivity contribution in [1.82, 2.24) is 9.29 Å². The van der Waals surface area contributed by atoms with Gasteiger partial charge >= 0.3 is 0 Å². The van der Waals surface area contributed by atoms with E-state index < -0.39 is 10.0 Å². The van der Waals surface area contributed by atoms with Crippen LogP contribution in [0.2, 0.25) is 0 Å². The number of amides is 1. The topological polar surface area (TPSA) is 109 Å². The van der Waals surface area contributed by atoms with Gasteiger partial charge in [-0.05, 0) is 61.4 Å². The number of ether oxygens (including phenoxy) is 1. The van der Waals surface area contributed by atoms with E-state index in [9.17, 15) is 18.3 Å². The second kappa shape index (κ2) is 9.88. The summed E-state index contributed by atoms with van der Waals surface area (Å²) in [6.45, 7) is 0.516. The first kappa shape index (κ1) is 24.2. The second-order valence-electron chi connectivity index (χ2n) is 8.56. The number of nitrogens with zero attached hydrogens (tertiary/aromatic N) is 2. The van der Waals surface area contributed by atoms with E-state index in [0.29, 0.717) is 34.8 Å². The zero-order valence-electron chi connectivity index (χ0n) is 19.5. The van der Waals surface area contributed by atoms with Crippen LogP contribution in [0.25, 0.3) is 20.8 Å². The molecule has 2 N–H and O–H groups in total. The molecule has 0 radical (unpaired) electrons. The number of hydrogen-bond acceptors (Lipinski definition) is 7. The van der Waals surface area contributed by atoms with E-state index in [4.69, 9.17) is 4.74 Å². The number of para-hydroxylation sites is 1. The Kier molecular flexibility index (Phi) is 6.65. The quantitative estimate of drug-likeness (QED) is 0.379. The number of piperidine rings is 1. The molecule has 1 aliphatic heterocycles. The maximum Gasteiger partial charge on any atom is 0.243 e. The molecule has 0 aliphatic carbocycles. The van der Waals surface area contributed by atoms with Crippen molar-refractivity contribution in [3.8, 4) is 22.1 Å². The van der Waals surface area contributed by atoms with E-state index >= 15 is 0 Å². The van der Waals surface area contributed by atoms with Crippen molar-refractivity contribution in [1.29, 1.82) is 0 Å². The average molecular weight is 524 g/mol. The number of thiazole rings is 1. The molecule has 1 saturated heterocycles. The summed E-state index contributed by atoms with van der Waals surface area (Å²) < 4.78 is 33.4. The lowest BCUT2D eigenvalue weighted by atomic mass is 9.97. The number of phenolic OH excluding ortho intramolecular Hbond substituents is 1. The zero-order chi connectivity index (χ0) is 25.3. The van der Waals surface area contributed by atoms with Gasteiger partial charge in [0.1, 0.15) is 16.5 Å². The van der Waals surface area contributed by atoms with Gasteiger partial charge in [-0.15, -0.1) is 11.3 Å². The number of anilines is 1. The van der Waals surface area contributed by atoms with Crippen molar-refractivity contribution < 1.29 is 23.1 Å². The Labute approximate surface area is 213 Å². The minimum atomic E-state index is -3.63. The molecule has 0 spiro atoms. The van der Waals surface area contributed by atoms with Gasteiger partial charge in [-0.1, -0.05) is 12.1 Å². The van der Waals surface area contributed by atoms with Crippen molar-refractivity contribution in [3.63, 3.8) is 0 Å². The molecular formula is C26H25N3O5S2. The minimum absolute atomic E-state index is 0.0345. The molecule has 0 unspecified atom stereocenters. The highest BCUT2D eigenvalue weighted by Crippen LogP contribution is 2.36. The summed E-state index contributed by atoms with van der Waals surface area (Å²) in [5, 5.41) is 14.2. The van der Waals surface area contributed by atoms with Crippen molar-refractivity contribution in [3.05, 3.63) is 66.7 Å². The van der Waals surface area contributed by atoms with Gasteiger partial charge in [-0.25, -0.2) is 13.4 Å². The van der Waals surface area contributed by atoms with Crippen LogP contribution in [-0.2, 0) is 14.8 Å². The van der Waals surface area contributed by atoms with E-state index in [1.807, 2.05) is 24.3 Å². The van der Waals surface area contributed by atoms with E-state index in [2.05, 4.69) is 10.3 Å². The fourth-order valence-electron chi connectivity index (χ4n) is 4.28. The number of carbonyl (C=O) groups excluding carboxylic acids is 1. The first-order valence-electron chi connectivity index (χ1n) is 11.5. The largest absolute Gasteiger partial charge is 0.507 e. The molecular weight excluding hydrogens is 498 g/mol. The fraction of sp³-hybridized carbons (Fsp3) is 0.231. The number of benzene rings is 3. The van der Waals surface area contributed by atoms with Crippen LogP contribution in [0.1, 0.15) is 12.8 Å². The summed E-state index contributed by atoms with van der Waals surface area (Å²) in [5.41, 5.74) is 1.96. The molecule has 1 aliphatic rings. The lowest BCUT2D eigenvalue weighted by molar-refractivity contribution is -0.120. The van der Waals surface area contributed by atoms with Crippen LogP contribution in [0.15, 0.2) is 71.6 Å². The normalized spacial score (nSPS) is 15.1. The van der Waals surface area contributed by atoms with Crippen LogP contribution in [0.5, 0.6) is 11.5 Å². The molecule has 10 heteroatoms. The third-order valence-electron chi connectivity index (χ3n) is 6.31. The number of hydrogen-bond donors (Lipinski definition) is 2. The molecule has 5 rings (SSSR count). The number of aromatic nitrogens is 1. The Balaban J connectivity index is 1.22. The first-order chi connectivity index (χ1) is 17.3. The van der Waals surface area contributed by atoms with Gasteiger partial charge in [0.15, 0.2) is 0 Å². The summed E-state index contributed by atoms with van der Waals surface area (Å²) >= 11 is 1.49. The maximum atomic E-state index is 13.0. The van der Waals surface area contributed by atoms with Crippen LogP contribution in [0, 0.1) is 5.92 Å². The molecule has 1 fully saturated rings. The molecule has 4 aromatic rings. The van der Waals surface area contributed by atoms with Crippen molar-refractivity contribution >= 4 is 43.2 Å². The Hall–Kier alpha value is -3.47. The Morgan fingerprint density at radius 1 is 1.08 bits per heavy atom. The van der Waals surface area contributed by atoms with Gasteiger partial charge in [0.2, 0.25) is 15.9 Å². The SMILES string of the molecule is COc1ccc(S(=O)(=O)N2CCC(C(=O)Nc3ccc(-c4nc5ccccc5s4)c(O)c3)CC2)cc1. The highest BCUT2D eigenvalue weighted by atomic mass is 32.2. The molecule has 0 saturated carbocycles. The van der Waals surface area contributed by atoms with Crippen LogP contribution >= 0.6 is 11.3 Å². The molecule has 3 aromatic carbocycles. The molecule has 36 heavy (non-hydrogen) atoms. The molecule has 1 aromatic heterocycles. The highest BCUT2D eigenvalue weighted by molar-refractivity contribution is 7.89. The average Bonchev–Trinajstić information content (AvgIpc) is 3.33. The van der Waals surface area contributed by atoms with Crippen LogP contribution in [-0.4, -0.2) is 48.9 Å². The van der Waals surface area contributed by atoms with Crippen LogP contribution in [0.3, 0.4) is 0 Å². The molecule has 0 bridgehead atoms. The highest BCUT2D eigenvalue weighted by Gasteiger charge is 2.32. The molecule has 8 nitrogen and oxygen atoms in total.